The highest BCUT2D eigenvalue weighted by Crippen LogP contribution is 2.40. The molecule has 0 saturated heterocycles. The number of amides is 1. The number of carbonyl (C=O) groups excluding carboxylic acids is 2. The SMILES string of the molecule is COC(=O)c1c(NC(=O)CCCOc2ccccc2C)sc2c1CC[C@H](C)C2. The van der Waals surface area contributed by atoms with Crippen LogP contribution in [0.5, 0.6) is 5.75 Å². The van der Waals surface area contributed by atoms with Gasteiger partial charge < -0.3 is 14.8 Å². The molecule has 1 atom stereocenters. The first-order chi connectivity index (χ1) is 13.5. The molecule has 3 rings (SSSR count). The van der Waals surface area contributed by atoms with Gasteiger partial charge in [-0.3, -0.25) is 4.79 Å². The monoisotopic (exact) mass is 401 g/mol. The van der Waals surface area contributed by atoms with E-state index in [2.05, 4.69) is 12.2 Å². The van der Waals surface area contributed by atoms with Crippen LogP contribution in [0.4, 0.5) is 5.00 Å². The summed E-state index contributed by atoms with van der Waals surface area (Å²) in [6.45, 7) is 4.68. The Morgan fingerprint density at radius 3 is 2.82 bits per heavy atom. The Bertz CT molecular complexity index is 858. The number of anilines is 1. The number of methoxy groups -OCH3 is 1. The molecule has 150 valence electrons. The van der Waals surface area contributed by atoms with E-state index in [0.29, 0.717) is 35.9 Å². The van der Waals surface area contributed by atoms with E-state index in [1.807, 2.05) is 31.2 Å². The Kier molecular flexibility index (Phi) is 6.73. The van der Waals surface area contributed by atoms with E-state index >= 15 is 0 Å². The zero-order valence-corrected chi connectivity index (χ0v) is 17.5. The van der Waals surface area contributed by atoms with E-state index < -0.39 is 0 Å². The molecule has 1 amide bonds. The molecule has 28 heavy (non-hydrogen) atoms. The van der Waals surface area contributed by atoms with E-state index in [1.54, 1.807) is 0 Å². The van der Waals surface area contributed by atoms with Gasteiger partial charge >= 0.3 is 5.97 Å². The quantitative estimate of drug-likeness (QED) is 0.536. The van der Waals surface area contributed by atoms with E-state index in [1.165, 1.54) is 23.3 Å². The van der Waals surface area contributed by atoms with Crippen LogP contribution < -0.4 is 10.1 Å². The van der Waals surface area contributed by atoms with Gasteiger partial charge in [0.05, 0.1) is 19.3 Å². The summed E-state index contributed by atoms with van der Waals surface area (Å²) < 4.78 is 10.7. The van der Waals surface area contributed by atoms with Crippen LogP contribution in [-0.2, 0) is 22.4 Å². The number of para-hydroxylation sites is 1. The minimum Gasteiger partial charge on any atom is -0.493 e. The van der Waals surface area contributed by atoms with Crippen molar-refractivity contribution in [2.45, 2.75) is 46.0 Å². The van der Waals surface area contributed by atoms with Gasteiger partial charge in [-0.15, -0.1) is 11.3 Å². The lowest BCUT2D eigenvalue weighted by molar-refractivity contribution is -0.116. The molecule has 1 aliphatic rings. The highest BCUT2D eigenvalue weighted by molar-refractivity contribution is 7.17. The highest BCUT2D eigenvalue weighted by Gasteiger charge is 2.28. The zero-order chi connectivity index (χ0) is 20.1. The lowest BCUT2D eigenvalue weighted by Gasteiger charge is -2.18. The Hall–Kier alpha value is -2.34. The lowest BCUT2D eigenvalue weighted by atomic mass is 9.88. The third-order valence-electron chi connectivity index (χ3n) is 5.05. The minimum atomic E-state index is -0.370. The number of fused-ring (bicyclic) bond motifs is 1. The number of carbonyl (C=O) groups is 2. The molecule has 1 aromatic heterocycles. The van der Waals surface area contributed by atoms with Gasteiger partial charge in [-0.1, -0.05) is 25.1 Å². The van der Waals surface area contributed by atoms with Crippen LogP contribution in [0.25, 0.3) is 0 Å². The molecule has 0 bridgehead atoms. The average molecular weight is 402 g/mol. The molecule has 0 saturated carbocycles. The third kappa shape index (κ3) is 4.73. The molecule has 0 radical (unpaired) electrons. The normalized spacial score (nSPS) is 15.6. The summed E-state index contributed by atoms with van der Waals surface area (Å²) in [5.74, 6) is 0.963. The summed E-state index contributed by atoms with van der Waals surface area (Å²) >= 11 is 1.51. The largest absolute Gasteiger partial charge is 0.493 e. The standard InChI is InChI=1S/C22H27NO4S/c1-14-10-11-16-18(13-14)28-21(20(16)22(25)26-3)23-19(24)9-6-12-27-17-8-5-4-7-15(17)2/h4-5,7-8,14H,6,9-13H2,1-3H3,(H,23,24)/t14-/m0/s1. The maximum absolute atomic E-state index is 12.4. The summed E-state index contributed by atoms with van der Waals surface area (Å²) in [5, 5.41) is 3.55. The summed E-state index contributed by atoms with van der Waals surface area (Å²) in [7, 11) is 1.38. The average Bonchev–Trinajstić information content (AvgIpc) is 3.02. The van der Waals surface area contributed by atoms with E-state index in [9.17, 15) is 9.59 Å². The second kappa shape index (κ2) is 9.24. The number of esters is 1. The van der Waals surface area contributed by atoms with Gasteiger partial charge in [0.15, 0.2) is 0 Å². The summed E-state index contributed by atoms with van der Waals surface area (Å²) in [6.07, 6.45) is 3.81. The number of hydrogen-bond acceptors (Lipinski definition) is 5. The first-order valence-electron chi connectivity index (χ1n) is 9.70. The van der Waals surface area contributed by atoms with Gasteiger partial charge in [0.25, 0.3) is 0 Å². The van der Waals surface area contributed by atoms with Crippen LogP contribution in [-0.4, -0.2) is 25.6 Å². The number of ether oxygens (including phenoxy) is 2. The molecular weight excluding hydrogens is 374 g/mol. The predicted molar refractivity (Wildman–Crippen MR) is 111 cm³/mol. The Morgan fingerprint density at radius 1 is 1.29 bits per heavy atom. The van der Waals surface area contributed by atoms with Crippen molar-refractivity contribution in [3.63, 3.8) is 0 Å². The number of benzene rings is 1. The maximum atomic E-state index is 12.4. The van der Waals surface area contributed by atoms with E-state index in [0.717, 1.165) is 36.1 Å². The van der Waals surface area contributed by atoms with E-state index in [-0.39, 0.29) is 11.9 Å². The van der Waals surface area contributed by atoms with Crippen LogP contribution in [0.2, 0.25) is 0 Å². The molecule has 5 nitrogen and oxygen atoms in total. The molecule has 1 heterocycles. The predicted octanol–water partition coefficient (Wildman–Crippen LogP) is 4.77. The Morgan fingerprint density at radius 2 is 2.07 bits per heavy atom. The van der Waals surface area contributed by atoms with Crippen molar-refractivity contribution in [1.29, 1.82) is 0 Å². The fourth-order valence-electron chi connectivity index (χ4n) is 3.48. The molecule has 2 aromatic rings. The minimum absolute atomic E-state index is 0.106. The van der Waals surface area contributed by atoms with Crippen molar-refractivity contribution in [2.75, 3.05) is 19.0 Å². The number of hydrogen-bond donors (Lipinski definition) is 1. The van der Waals surface area contributed by atoms with Gasteiger partial charge in [-0.05, 0) is 55.7 Å². The molecule has 0 unspecified atom stereocenters. The molecule has 6 heteroatoms. The van der Waals surface area contributed by atoms with Gasteiger partial charge in [0.2, 0.25) is 5.91 Å². The summed E-state index contributed by atoms with van der Waals surface area (Å²) in [5.41, 5.74) is 2.67. The molecular formula is C22H27NO4S. The Labute approximate surface area is 170 Å². The molecule has 0 fully saturated rings. The zero-order valence-electron chi connectivity index (χ0n) is 16.7. The second-order valence-electron chi connectivity index (χ2n) is 7.31. The van der Waals surface area contributed by atoms with Crippen molar-refractivity contribution in [2.24, 2.45) is 5.92 Å². The van der Waals surface area contributed by atoms with Crippen molar-refractivity contribution in [1.82, 2.24) is 0 Å². The highest BCUT2D eigenvalue weighted by atomic mass is 32.1. The van der Waals surface area contributed by atoms with Crippen LogP contribution in [0.1, 0.15) is 52.5 Å². The van der Waals surface area contributed by atoms with Crippen LogP contribution in [0, 0.1) is 12.8 Å². The summed E-state index contributed by atoms with van der Waals surface area (Å²) in [4.78, 5) is 25.9. The first kappa shape index (κ1) is 20.4. The van der Waals surface area contributed by atoms with Crippen molar-refractivity contribution in [3.8, 4) is 5.75 Å². The van der Waals surface area contributed by atoms with Gasteiger partial charge in [-0.2, -0.15) is 0 Å². The molecule has 0 spiro atoms. The second-order valence-corrected chi connectivity index (χ2v) is 8.42. The lowest BCUT2D eigenvalue weighted by Crippen LogP contribution is -2.16. The number of thiophene rings is 1. The smallest absolute Gasteiger partial charge is 0.341 e. The van der Waals surface area contributed by atoms with Gasteiger partial charge in [0, 0.05) is 11.3 Å². The van der Waals surface area contributed by atoms with Crippen LogP contribution in [0.15, 0.2) is 24.3 Å². The topological polar surface area (TPSA) is 64.6 Å². The van der Waals surface area contributed by atoms with Gasteiger partial charge in [-0.25, -0.2) is 4.79 Å². The van der Waals surface area contributed by atoms with Crippen LogP contribution in [0.3, 0.4) is 0 Å². The van der Waals surface area contributed by atoms with Crippen molar-refractivity contribution >= 4 is 28.2 Å². The van der Waals surface area contributed by atoms with Gasteiger partial charge in [0.1, 0.15) is 10.8 Å². The first-order valence-corrected chi connectivity index (χ1v) is 10.5. The molecule has 1 N–H and O–H groups in total. The fraction of sp³-hybridized carbons (Fsp3) is 0.455. The van der Waals surface area contributed by atoms with Crippen molar-refractivity contribution < 1.29 is 19.1 Å². The maximum Gasteiger partial charge on any atom is 0.341 e. The Balaban J connectivity index is 1.59. The summed E-state index contributed by atoms with van der Waals surface area (Å²) in [6, 6.07) is 7.82. The number of aryl methyl sites for hydroxylation is 1. The molecule has 0 aliphatic heterocycles. The van der Waals surface area contributed by atoms with Crippen molar-refractivity contribution in [3.05, 3.63) is 45.8 Å². The number of nitrogens with one attached hydrogen (secondary N) is 1. The van der Waals surface area contributed by atoms with E-state index in [4.69, 9.17) is 9.47 Å². The molecule has 1 aliphatic carbocycles. The fourth-order valence-corrected chi connectivity index (χ4v) is 4.89. The van der Waals surface area contributed by atoms with Crippen LogP contribution >= 0.6 is 11.3 Å². The number of rotatable bonds is 7. The molecule has 1 aromatic carbocycles. The third-order valence-corrected chi connectivity index (χ3v) is 6.22.